The van der Waals surface area contributed by atoms with Crippen LogP contribution in [0.25, 0.3) is 0 Å². The Morgan fingerprint density at radius 1 is 1.05 bits per heavy atom. The van der Waals surface area contributed by atoms with Gasteiger partial charge in [0.15, 0.2) is 0 Å². The lowest BCUT2D eigenvalue weighted by Crippen LogP contribution is -2.54. The zero-order valence-electron chi connectivity index (χ0n) is 12.0. The zero-order valence-corrected chi connectivity index (χ0v) is 12.8. The number of nitrogens with zero attached hydrogens (tertiary/aromatic N) is 1. The molecule has 2 nitrogen and oxygen atoms in total. The summed E-state index contributed by atoms with van der Waals surface area (Å²) < 4.78 is 0. The van der Waals surface area contributed by atoms with E-state index in [1.54, 1.807) is 18.2 Å². The molecule has 1 fully saturated rings. The van der Waals surface area contributed by atoms with Crippen molar-refractivity contribution in [1.29, 1.82) is 0 Å². The normalized spacial score (nSPS) is 21.0. The molecule has 1 aliphatic rings. The van der Waals surface area contributed by atoms with Crippen molar-refractivity contribution in [2.24, 2.45) is 5.92 Å². The summed E-state index contributed by atoms with van der Waals surface area (Å²) >= 11 is 5.94. The second-order valence-corrected chi connectivity index (χ2v) is 5.62. The van der Waals surface area contributed by atoms with E-state index in [1.165, 1.54) is 0 Å². The maximum Gasteiger partial charge on any atom is 0.236 e. The second-order valence-electron chi connectivity index (χ2n) is 5.19. The number of hydrogen-bond acceptors (Lipinski definition) is 1. The van der Waals surface area contributed by atoms with Gasteiger partial charge in [-0.2, -0.15) is 0 Å². The molecule has 0 N–H and O–H groups in total. The smallest absolute Gasteiger partial charge is 0.236 e. The van der Waals surface area contributed by atoms with Crippen LogP contribution in [0.1, 0.15) is 11.6 Å². The molecule has 1 saturated heterocycles. The van der Waals surface area contributed by atoms with Crippen LogP contribution in [-0.4, -0.2) is 5.91 Å². The summed E-state index contributed by atoms with van der Waals surface area (Å²) in [6, 6.07) is 17.4. The number of amides is 1. The van der Waals surface area contributed by atoms with Gasteiger partial charge in [-0.25, -0.2) is 0 Å². The third-order valence-corrected chi connectivity index (χ3v) is 4.09. The van der Waals surface area contributed by atoms with Gasteiger partial charge in [-0.15, -0.1) is 0 Å². The summed E-state index contributed by atoms with van der Waals surface area (Å²) in [7, 11) is 0. The van der Waals surface area contributed by atoms with Crippen molar-refractivity contribution < 1.29 is 4.79 Å². The van der Waals surface area contributed by atoms with Gasteiger partial charge in [0.25, 0.3) is 0 Å². The predicted octanol–water partition coefficient (Wildman–Crippen LogP) is 4.79. The van der Waals surface area contributed by atoms with Crippen LogP contribution in [0.15, 0.2) is 79.4 Å². The van der Waals surface area contributed by atoms with Crippen LogP contribution in [0.4, 0.5) is 5.69 Å². The van der Waals surface area contributed by atoms with Crippen LogP contribution in [0, 0.1) is 5.92 Å². The second kappa shape index (κ2) is 6.20. The van der Waals surface area contributed by atoms with Crippen molar-refractivity contribution >= 4 is 23.2 Å². The SMILES string of the molecule is C=C/C=C/C1C(=O)N(c2ccc(Cl)cc2)C1c1ccccc1. The number of hydrogen-bond donors (Lipinski definition) is 0. The van der Waals surface area contributed by atoms with Crippen LogP contribution >= 0.6 is 11.6 Å². The van der Waals surface area contributed by atoms with E-state index in [0.717, 1.165) is 11.3 Å². The molecule has 2 aromatic carbocycles. The van der Waals surface area contributed by atoms with Gasteiger partial charge in [0.05, 0.1) is 12.0 Å². The van der Waals surface area contributed by atoms with E-state index in [1.807, 2.05) is 47.4 Å². The topological polar surface area (TPSA) is 20.3 Å². The molecule has 2 atom stereocenters. The number of rotatable bonds is 4. The third kappa shape index (κ3) is 2.58. The fourth-order valence-corrected chi connectivity index (χ4v) is 2.92. The van der Waals surface area contributed by atoms with Crippen LogP contribution in [0.2, 0.25) is 5.02 Å². The number of allylic oxidation sites excluding steroid dienone is 2. The van der Waals surface area contributed by atoms with E-state index in [0.29, 0.717) is 5.02 Å². The zero-order chi connectivity index (χ0) is 15.5. The maximum absolute atomic E-state index is 12.5. The van der Waals surface area contributed by atoms with E-state index in [9.17, 15) is 4.79 Å². The molecule has 1 amide bonds. The molecule has 0 aromatic heterocycles. The molecule has 3 heteroatoms. The quantitative estimate of drug-likeness (QED) is 0.587. The third-order valence-electron chi connectivity index (χ3n) is 3.84. The Morgan fingerprint density at radius 2 is 1.73 bits per heavy atom. The van der Waals surface area contributed by atoms with E-state index in [-0.39, 0.29) is 17.9 Å². The highest BCUT2D eigenvalue weighted by Gasteiger charge is 2.47. The molecule has 0 radical (unpaired) electrons. The first-order valence-corrected chi connectivity index (χ1v) is 7.53. The molecule has 22 heavy (non-hydrogen) atoms. The number of benzene rings is 2. The Morgan fingerprint density at radius 3 is 2.36 bits per heavy atom. The molecule has 0 saturated carbocycles. The van der Waals surface area contributed by atoms with Gasteiger partial charge in [0.1, 0.15) is 0 Å². The molecular weight excluding hydrogens is 294 g/mol. The van der Waals surface area contributed by atoms with Gasteiger partial charge >= 0.3 is 0 Å². The van der Waals surface area contributed by atoms with Crippen molar-refractivity contribution in [3.05, 3.63) is 90.0 Å². The van der Waals surface area contributed by atoms with Gasteiger partial charge in [0.2, 0.25) is 5.91 Å². The average molecular weight is 310 g/mol. The molecule has 0 aliphatic carbocycles. The number of anilines is 1. The van der Waals surface area contributed by atoms with Crippen molar-refractivity contribution in [3.8, 4) is 0 Å². The number of halogens is 1. The minimum absolute atomic E-state index is 0.00563. The molecule has 2 unspecified atom stereocenters. The predicted molar refractivity (Wildman–Crippen MR) is 90.9 cm³/mol. The molecule has 1 aliphatic heterocycles. The number of carbonyl (C=O) groups excluding carboxylic acids is 1. The maximum atomic E-state index is 12.5. The van der Waals surface area contributed by atoms with Crippen molar-refractivity contribution in [3.63, 3.8) is 0 Å². The first-order valence-electron chi connectivity index (χ1n) is 7.15. The Balaban J connectivity index is 1.98. The Hall–Kier alpha value is -2.32. The number of carbonyl (C=O) groups is 1. The minimum atomic E-state index is -0.156. The number of β-lactam (4-membered cyclic amide) rings is 1. The highest BCUT2D eigenvalue weighted by molar-refractivity contribution is 6.30. The first-order chi connectivity index (χ1) is 10.7. The van der Waals surface area contributed by atoms with Crippen LogP contribution in [0.5, 0.6) is 0 Å². The lowest BCUT2D eigenvalue weighted by molar-refractivity contribution is -0.128. The molecule has 3 rings (SSSR count). The Labute approximate surface area is 135 Å². The van der Waals surface area contributed by atoms with Crippen LogP contribution in [-0.2, 0) is 4.79 Å². The Kier molecular flexibility index (Phi) is 4.12. The summed E-state index contributed by atoms with van der Waals surface area (Å²) in [6.45, 7) is 3.67. The Bertz CT molecular complexity index is 706. The lowest BCUT2D eigenvalue weighted by Gasteiger charge is -2.46. The average Bonchev–Trinajstić information content (AvgIpc) is 2.55. The van der Waals surface area contributed by atoms with Gasteiger partial charge in [0, 0.05) is 10.7 Å². The lowest BCUT2D eigenvalue weighted by atomic mass is 9.81. The van der Waals surface area contributed by atoms with Crippen molar-refractivity contribution in [1.82, 2.24) is 0 Å². The minimum Gasteiger partial charge on any atom is -0.303 e. The monoisotopic (exact) mass is 309 g/mol. The summed E-state index contributed by atoms with van der Waals surface area (Å²) in [6.07, 6.45) is 5.44. The van der Waals surface area contributed by atoms with E-state index >= 15 is 0 Å². The van der Waals surface area contributed by atoms with Gasteiger partial charge in [-0.3, -0.25) is 4.79 Å². The van der Waals surface area contributed by atoms with Crippen molar-refractivity contribution in [2.45, 2.75) is 6.04 Å². The summed E-state index contributed by atoms with van der Waals surface area (Å²) in [5, 5.41) is 0.663. The standard InChI is InChI=1S/C19H16ClNO/c1-2-3-9-17-18(14-7-5-4-6-8-14)21(19(17)22)16-12-10-15(20)11-13-16/h2-13,17-18H,1H2/b9-3+. The summed E-state index contributed by atoms with van der Waals surface area (Å²) in [5.74, 6) is -0.0645. The van der Waals surface area contributed by atoms with Crippen molar-refractivity contribution in [2.75, 3.05) is 4.90 Å². The fraction of sp³-hybridized carbons (Fsp3) is 0.105. The highest BCUT2D eigenvalue weighted by atomic mass is 35.5. The molecule has 110 valence electrons. The van der Waals surface area contributed by atoms with Crippen LogP contribution in [0.3, 0.4) is 0 Å². The molecule has 0 spiro atoms. The van der Waals surface area contributed by atoms with Crippen LogP contribution < -0.4 is 4.90 Å². The highest BCUT2D eigenvalue weighted by Crippen LogP contribution is 2.44. The van der Waals surface area contributed by atoms with Gasteiger partial charge < -0.3 is 4.90 Å². The first kappa shape index (κ1) is 14.6. The van der Waals surface area contributed by atoms with E-state index in [2.05, 4.69) is 18.7 Å². The molecular formula is C19H16ClNO. The van der Waals surface area contributed by atoms with E-state index < -0.39 is 0 Å². The summed E-state index contributed by atoms with van der Waals surface area (Å²) in [5.41, 5.74) is 1.99. The van der Waals surface area contributed by atoms with Gasteiger partial charge in [-0.1, -0.05) is 66.7 Å². The van der Waals surface area contributed by atoms with E-state index in [4.69, 9.17) is 11.6 Å². The fourth-order valence-electron chi connectivity index (χ4n) is 2.79. The molecule has 2 aromatic rings. The largest absolute Gasteiger partial charge is 0.303 e. The molecule has 0 bridgehead atoms. The van der Waals surface area contributed by atoms with Gasteiger partial charge in [-0.05, 0) is 29.8 Å². The summed E-state index contributed by atoms with van der Waals surface area (Å²) in [4.78, 5) is 14.4. The molecule has 1 heterocycles.